The van der Waals surface area contributed by atoms with E-state index in [0.29, 0.717) is 6.20 Å². The summed E-state index contributed by atoms with van der Waals surface area (Å²) in [6, 6.07) is 7.15. The zero-order chi connectivity index (χ0) is 25.8. The van der Waals surface area contributed by atoms with Gasteiger partial charge in [0.25, 0.3) is 5.56 Å². The van der Waals surface area contributed by atoms with E-state index in [9.17, 15) is 23.3 Å². The van der Waals surface area contributed by atoms with Gasteiger partial charge in [-0.25, -0.2) is 9.36 Å². The highest BCUT2D eigenvalue weighted by Gasteiger charge is 2.39. The summed E-state index contributed by atoms with van der Waals surface area (Å²) in [5.74, 6) is -1.61. The zero-order valence-electron chi connectivity index (χ0n) is 19.2. The van der Waals surface area contributed by atoms with E-state index in [1.807, 2.05) is 4.98 Å². The first-order chi connectivity index (χ1) is 16.5. The van der Waals surface area contributed by atoms with Crippen molar-refractivity contribution in [2.45, 2.75) is 57.0 Å². The average Bonchev–Trinajstić information content (AvgIpc) is 3.15. The Morgan fingerprint density at radius 3 is 2.66 bits per heavy atom. The molecule has 5 atom stereocenters. The molecule has 1 aliphatic rings. The van der Waals surface area contributed by atoms with E-state index in [4.69, 9.17) is 30.1 Å². The number of hydrogen-bond donors (Lipinski definition) is 2. The molecule has 1 aliphatic heterocycles. The smallest absolute Gasteiger partial charge is 0.459 e. The maximum atomic E-state index is 13.7. The van der Waals surface area contributed by atoms with Crippen LogP contribution in [0.15, 0.2) is 46.1 Å². The van der Waals surface area contributed by atoms with Gasteiger partial charge in [0.05, 0.1) is 30.4 Å². The predicted octanol–water partition coefficient (Wildman–Crippen LogP) is 2.70. The lowest BCUT2D eigenvalue weighted by atomic mass is 10.2. The molecule has 0 amide bonds. The SMILES string of the molecule is CC(C)OC(=O)C(C)NP(=O)(OC[C@@H]1C[C@H](Cl)[C@H](n2cc(F)c(=O)[nH]c2=O)O1)Oc1ccccc1. The van der Waals surface area contributed by atoms with Crippen molar-refractivity contribution >= 4 is 25.3 Å². The molecule has 2 unspecified atom stereocenters. The molecule has 0 bridgehead atoms. The molecule has 11 nitrogen and oxygen atoms in total. The summed E-state index contributed by atoms with van der Waals surface area (Å²) in [4.78, 5) is 37.4. The average molecular weight is 534 g/mol. The molecule has 35 heavy (non-hydrogen) atoms. The zero-order valence-corrected chi connectivity index (χ0v) is 20.8. The first-order valence-electron chi connectivity index (χ1n) is 10.8. The molecule has 1 fully saturated rings. The number of halogens is 2. The fraction of sp³-hybridized carbons (Fsp3) is 0.476. The Morgan fingerprint density at radius 1 is 1.31 bits per heavy atom. The minimum atomic E-state index is -4.13. The second-order valence-corrected chi connectivity index (χ2v) is 10.3. The molecule has 1 aromatic carbocycles. The molecule has 0 spiro atoms. The number of nitrogens with one attached hydrogen (secondary N) is 2. The van der Waals surface area contributed by atoms with Gasteiger partial charge in [0.2, 0.25) is 5.82 Å². The first-order valence-corrected chi connectivity index (χ1v) is 12.7. The van der Waals surface area contributed by atoms with Crippen LogP contribution in [0.4, 0.5) is 4.39 Å². The van der Waals surface area contributed by atoms with Crippen LogP contribution in [-0.2, 0) is 23.4 Å². The largest absolute Gasteiger partial charge is 0.462 e. The van der Waals surface area contributed by atoms with Crippen LogP contribution < -0.4 is 20.9 Å². The lowest BCUT2D eigenvalue weighted by molar-refractivity contribution is -0.149. The minimum absolute atomic E-state index is 0.149. The Labute approximate surface area is 205 Å². The maximum Gasteiger partial charge on any atom is 0.459 e. The number of aromatic amines is 1. The number of ether oxygens (including phenoxy) is 2. The van der Waals surface area contributed by atoms with Crippen molar-refractivity contribution in [1.82, 2.24) is 14.6 Å². The molecule has 1 saturated heterocycles. The number of hydrogen-bond acceptors (Lipinski definition) is 8. The lowest BCUT2D eigenvalue weighted by Gasteiger charge is -2.24. The predicted molar refractivity (Wildman–Crippen MR) is 124 cm³/mol. The fourth-order valence-electron chi connectivity index (χ4n) is 3.22. The third-order valence-corrected chi connectivity index (χ3v) is 6.82. The van der Waals surface area contributed by atoms with Gasteiger partial charge in [-0.1, -0.05) is 18.2 Å². The van der Waals surface area contributed by atoms with Crippen molar-refractivity contribution < 1.29 is 32.3 Å². The molecule has 0 radical (unpaired) electrons. The van der Waals surface area contributed by atoms with E-state index in [1.54, 1.807) is 44.2 Å². The molecule has 3 rings (SSSR count). The molecule has 1 aromatic heterocycles. The number of nitrogens with zero attached hydrogens (tertiary/aromatic N) is 1. The Kier molecular flexibility index (Phi) is 8.89. The van der Waals surface area contributed by atoms with Crippen molar-refractivity contribution in [2.24, 2.45) is 0 Å². The number of carbonyl (C=O) groups excluding carboxylic acids is 1. The molecule has 2 aromatic rings. The highest BCUT2D eigenvalue weighted by molar-refractivity contribution is 7.52. The van der Waals surface area contributed by atoms with Crippen molar-refractivity contribution in [3.63, 3.8) is 0 Å². The van der Waals surface area contributed by atoms with Crippen LogP contribution in [0.2, 0.25) is 0 Å². The van der Waals surface area contributed by atoms with E-state index in [2.05, 4.69) is 5.09 Å². The van der Waals surface area contributed by atoms with Gasteiger partial charge in [-0.05, 0) is 39.3 Å². The molecule has 0 saturated carbocycles. The number of rotatable bonds is 10. The Bertz CT molecular complexity index is 1190. The third-order valence-electron chi connectivity index (χ3n) is 4.78. The van der Waals surface area contributed by atoms with E-state index in [0.717, 1.165) is 4.57 Å². The van der Waals surface area contributed by atoms with Gasteiger partial charge in [-0.3, -0.25) is 23.7 Å². The van der Waals surface area contributed by atoms with E-state index < -0.39 is 54.5 Å². The number of carbonyl (C=O) groups is 1. The number of para-hydroxylation sites is 1. The number of esters is 1. The van der Waals surface area contributed by atoms with Gasteiger partial charge in [-0.15, -0.1) is 11.6 Å². The molecule has 14 heteroatoms. The minimum Gasteiger partial charge on any atom is -0.462 e. The van der Waals surface area contributed by atoms with Gasteiger partial charge in [-0.2, -0.15) is 9.48 Å². The van der Waals surface area contributed by atoms with E-state index in [-0.39, 0.29) is 24.9 Å². The molecular weight excluding hydrogens is 508 g/mol. The fourth-order valence-corrected chi connectivity index (χ4v) is 5.12. The van der Waals surface area contributed by atoms with Crippen LogP contribution in [0.1, 0.15) is 33.4 Å². The molecule has 2 N–H and O–H groups in total. The van der Waals surface area contributed by atoms with Crippen molar-refractivity contribution in [2.75, 3.05) is 6.61 Å². The van der Waals surface area contributed by atoms with Crippen LogP contribution in [0, 0.1) is 5.82 Å². The molecular formula is C21H26ClFN3O8P. The van der Waals surface area contributed by atoms with Crippen LogP contribution in [0.25, 0.3) is 0 Å². The van der Waals surface area contributed by atoms with Crippen molar-refractivity contribution in [1.29, 1.82) is 0 Å². The van der Waals surface area contributed by atoms with Crippen molar-refractivity contribution in [3.05, 3.63) is 63.2 Å². The van der Waals surface area contributed by atoms with Gasteiger partial charge in [0.1, 0.15) is 11.8 Å². The topological polar surface area (TPSA) is 138 Å². The number of benzene rings is 1. The first kappa shape index (κ1) is 27.1. The summed E-state index contributed by atoms with van der Waals surface area (Å²) in [6.07, 6.45) is -1.40. The highest BCUT2D eigenvalue weighted by atomic mass is 35.5. The molecule has 192 valence electrons. The number of aromatic nitrogens is 2. The lowest BCUT2D eigenvalue weighted by Crippen LogP contribution is -2.37. The normalized spacial score (nSPS) is 22.5. The van der Waals surface area contributed by atoms with Crippen LogP contribution in [-0.4, -0.2) is 45.8 Å². The summed E-state index contributed by atoms with van der Waals surface area (Å²) in [7, 11) is -4.13. The number of alkyl halides is 1. The van der Waals surface area contributed by atoms with Gasteiger partial charge < -0.3 is 14.0 Å². The summed E-state index contributed by atoms with van der Waals surface area (Å²) < 4.78 is 50.0. The standard InChI is InChI=1S/C21H26ClFN3O8P/c1-12(2)32-20(28)13(3)25-35(30,34-14-7-5-4-6-8-14)31-11-15-9-16(22)19(33-15)26-10-17(23)18(27)24-21(26)29/h4-8,10,12-13,15-16,19H,9,11H2,1-3H3,(H,25,30)(H,24,27,29)/t13?,15-,16-,19+,35?/m0/s1. The monoisotopic (exact) mass is 533 g/mol. The van der Waals surface area contributed by atoms with Crippen LogP contribution in [0.3, 0.4) is 0 Å². The highest BCUT2D eigenvalue weighted by Crippen LogP contribution is 2.46. The second kappa shape index (κ2) is 11.5. The van der Waals surface area contributed by atoms with Crippen LogP contribution in [0.5, 0.6) is 5.75 Å². The van der Waals surface area contributed by atoms with Gasteiger partial charge in [0.15, 0.2) is 6.23 Å². The van der Waals surface area contributed by atoms with Gasteiger partial charge >= 0.3 is 19.4 Å². The second-order valence-electron chi connectivity index (χ2n) is 8.08. The van der Waals surface area contributed by atoms with E-state index >= 15 is 0 Å². The van der Waals surface area contributed by atoms with Crippen molar-refractivity contribution in [3.8, 4) is 5.75 Å². The Morgan fingerprint density at radius 2 is 2.00 bits per heavy atom. The Hall–Kier alpha value is -2.50. The summed E-state index contributed by atoms with van der Waals surface area (Å²) in [5, 5.41) is 1.77. The third kappa shape index (κ3) is 7.25. The quantitative estimate of drug-likeness (QED) is 0.268. The maximum absolute atomic E-state index is 13.7. The summed E-state index contributed by atoms with van der Waals surface area (Å²) in [6.45, 7) is 4.50. The number of H-pyrrole nitrogens is 1. The van der Waals surface area contributed by atoms with Crippen LogP contribution >= 0.6 is 19.3 Å². The molecule has 2 heterocycles. The summed E-state index contributed by atoms with van der Waals surface area (Å²) in [5.41, 5.74) is -2.06. The Balaban J connectivity index is 1.72. The van der Waals surface area contributed by atoms with E-state index in [1.165, 1.54) is 6.92 Å². The summed E-state index contributed by atoms with van der Waals surface area (Å²) >= 11 is 6.29. The van der Waals surface area contributed by atoms with Gasteiger partial charge in [0, 0.05) is 0 Å². The molecule has 0 aliphatic carbocycles.